The lowest BCUT2D eigenvalue weighted by atomic mass is 9.99. The third kappa shape index (κ3) is 7.38. The van der Waals surface area contributed by atoms with E-state index in [0.29, 0.717) is 11.6 Å². The summed E-state index contributed by atoms with van der Waals surface area (Å²) < 4.78 is 92.1. The zero-order chi connectivity index (χ0) is 29.7. The van der Waals surface area contributed by atoms with Crippen LogP contribution in [0.25, 0.3) is 11.1 Å². The molecule has 0 aromatic heterocycles. The van der Waals surface area contributed by atoms with E-state index in [4.69, 9.17) is 23.2 Å². The molecule has 0 aliphatic carbocycles. The van der Waals surface area contributed by atoms with Gasteiger partial charge in [0.2, 0.25) is 0 Å². The lowest BCUT2D eigenvalue weighted by Crippen LogP contribution is -2.25. The maximum Gasteiger partial charge on any atom is 0.432 e. The van der Waals surface area contributed by atoms with Crippen molar-refractivity contribution in [1.29, 1.82) is 0 Å². The van der Waals surface area contributed by atoms with Gasteiger partial charge in [-0.05, 0) is 65.9 Å². The summed E-state index contributed by atoms with van der Waals surface area (Å²) >= 11 is 11.4. The van der Waals surface area contributed by atoms with Gasteiger partial charge in [0.15, 0.2) is 5.82 Å². The number of halogens is 8. The van der Waals surface area contributed by atoms with E-state index in [2.05, 4.69) is 23.5 Å². The second-order valence-corrected chi connectivity index (χ2v) is 10.0. The normalized spacial score (nSPS) is 11.2. The average Bonchev–Trinajstić information content (AvgIpc) is 2.91. The minimum absolute atomic E-state index is 0.0809. The maximum absolute atomic E-state index is 14.9. The fourth-order valence-corrected chi connectivity index (χ4v) is 4.57. The Hall–Kier alpha value is -3.60. The van der Waals surface area contributed by atoms with E-state index in [0.717, 1.165) is 55.5 Å². The predicted molar refractivity (Wildman–Crippen MR) is 148 cm³/mol. The summed E-state index contributed by atoms with van der Waals surface area (Å²) in [5.41, 5.74) is -0.0283. The van der Waals surface area contributed by atoms with Crippen LogP contribution in [0.4, 0.5) is 26.3 Å². The quantitative estimate of drug-likeness (QED) is 0.0839. The first kappa shape index (κ1) is 30.4. The number of unbranched alkanes of at least 4 members (excludes halogenated alkanes) is 2. The van der Waals surface area contributed by atoms with Crippen LogP contribution in [0, 0.1) is 35.1 Å². The van der Waals surface area contributed by atoms with Crippen molar-refractivity contribution in [3.63, 3.8) is 0 Å². The van der Waals surface area contributed by atoms with Crippen LogP contribution in [0.5, 0.6) is 5.75 Å². The molecule has 4 rings (SSSR count). The molecule has 0 amide bonds. The van der Waals surface area contributed by atoms with Gasteiger partial charge >= 0.3 is 6.11 Å². The summed E-state index contributed by atoms with van der Waals surface area (Å²) in [6.45, 7) is 2.10. The Morgan fingerprint density at radius 1 is 0.732 bits per heavy atom. The van der Waals surface area contributed by atoms with Crippen molar-refractivity contribution in [2.75, 3.05) is 0 Å². The number of alkyl halides is 2. The van der Waals surface area contributed by atoms with Gasteiger partial charge in [0.25, 0.3) is 0 Å². The Morgan fingerprint density at radius 3 is 1.95 bits per heavy atom. The Labute approximate surface area is 243 Å². The molecule has 0 atom stereocenters. The lowest BCUT2D eigenvalue weighted by molar-refractivity contribution is -0.189. The fourth-order valence-electron chi connectivity index (χ4n) is 4.09. The number of benzene rings is 4. The molecule has 0 spiro atoms. The molecule has 0 fully saturated rings. The predicted octanol–water partition coefficient (Wildman–Crippen LogP) is 10.5. The van der Waals surface area contributed by atoms with Crippen LogP contribution in [0.2, 0.25) is 10.0 Å². The second kappa shape index (κ2) is 12.9. The van der Waals surface area contributed by atoms with Gasteiger partial charge in [0.1, 0.15) is 28.8 Å². The highest BCUT2D eigenvalue weighted by atomic mass is 35.5. The van der Waals surface area contributed by atoms with E-state index in [9.17, 15) is 26.3 Å². The summed E-state index contributed by atoms with van der Waals surface area (Å²) in [6, 6.07) is 13.6. The van der Waals surface area contributed by atoms with Gasteiger partial charge in [-0.15, -0.1) is 0 Å². The molecular weight excluding hydrogens is 585 g/mol. The highest BCUT2D eigenvalue weighted by molar-refractivity contribution is 6.35. The highest BCUT2D eigenvalue weighted by Crippen LogP contribution is 2.37. The van der Waals surface area contributed by atoms with Crippen LogP contribution in [0.15, 0.2) is 66.7 Å². The Bertz CT molecular complexity index is 1580. The molecule has 0 saturated carbocycles. The molecule has 9 heteroatoms. The Morgan fingerprint density at radius 2 is 1.37 bits per heavy atom. The van der Waals surface area contributed by atoms with Crippen molar-refractivity contribution in [3.05, 3.63) is 122 Å². The summed E-state index contributed by atoms with van der Waals surface area (Å²) in [5.74, 6) is -0.604. The van der Waals surface area contributed by atoms with E-state index >= 15 is 0 Å². The van der Waals surface area contributed by atoms with Crippen molar-refractivity contribution < 1.29 is 31.1 Å². The molecule has 4 aromatic rings. The van der Waals surface area contributed by atoms with Crippen LogP contribution in [0.1, 0.15) is 48.4 Å². The van der Waals surface area contributed by atoms with E-state index in [1.165, 1.54) is 12.1 Å². The van der Waals surface area contributed by atoms with Gasteiger partial charge in [0.05, 0.1) is 15.6 Å². The summed E-state index contributed by atoms with van der Waals surface area (Å²) in [4.78, 5) is 0. The summed E-state index contributed by atoms with van der Waals surface area (Å²) in [6.07, 6.45) is -0.410. The molecule has 4 aromatic carbocycles. The number of rotatable bonds is 8. The van der Waals surface area contributed by atoms with Crippen LogP contribution >= 0.6 is 23.2 Å². The van der Waals surface area contributed by atoms with E-state index in [1.807, 2.05) is 12.1 Å². The topological polar surface area (TPSA) is 9.23 Å². The first-order valence-corrected chi connectivity index (χ1v) is 13.4. The molecule has 0 radical (unpaired) electrons. The van der Waals surface area contributed by atoms with E-state index < -0.39 is 40.7 Å². The molecule has 0 saturated heterocycles. The molecule has 0 bridgehead atoms. The standard InChI is InChI=1S/C32H22Cl2F6O/c1-2-3-4-5-19-6-9-21(10-7-19)23-16-28(36)30(29(37)17-23)32(39,40)41-24-13-12-22(27(35)18-24)11-8-20-14-25(33)31(38)26(34)15-20/h6-7,9-10,12-18H,2-5H2,1H3. The number of aryl methyl sites for hydroxylation is 1. The average molecular weight is 607 g/mol. The maximum atomic E-state index is 14.9. The van der Waals surface area contributed by atoms with Crippen LogP contribution in [-0.4, -0.2) is 0 Å². The van der Waals surface area contributed by atoms with Crippen LogP contribution in [0.3, 0.4) is 0 Å². The third-order valence-electron chi connectivity index (χ3n) is 6.20. The highest BCUT2D eigenvalue weighted by Gasteiger charge is 2.41. The second-order valence-electron chi connectivity index (χ2n) is 9.23. The van der Waals surface area contributed by atoms with Crippen molar-refractivity contribution in [1.82, 2.24) is 0 Å². The Balaban J connectivity index is 1.52. The van der Waals surface area contributed by atoms with Gasteiger partial charge in [-0.2, -0.15) is 8.78 Å². The minimum atomic E-state index is -4.46. The van der Waals surface area contributed by atoms with Gasteiger partial charge < -0.3 is 4.74 Å². The summed E-state index contributed by atoms with van der Waals surface area (Å²) in [7, 11) is 0. The number of ether oxygens (including phenoxy) is 1. The van der Waals surface area contributed by atoms with E-state index in [-0.39, 0.29) is 26.7 Å². The molecule has 41 heavy (non-hydrogen) atoms. The SMILES string of the molecule is CCCCCc1ccc(-c2cc(F)c(C(F)(F)Oc3ccc(C#Cc4cc(Cl)c(F)c(Cl)c4)c(F)c3)c(F)c2)cc1. The summed E-state index contributed by atoms with van der Waals surface area (Å²) in [5, 5.41) is -0.562. The smallest absolute Gasteiger partial charge is 0.429 e. The molecule has 0 heterocycles. The zero-order valence-electron chi connectivity index (χ0n) is 21.6. The molecular formula is C32H22Cl2F6O. The number of hydrogen-bond donors (Lipinski definition) is 0. The monoisotopic (exact) mass is 606 g/mol. The minimum Gasteiger partial charge on any atom is -0.429 e. The van der Waals surface area contributed by atoms with Gasteiger partial charge in [-0.25, -0.2) is 17.6 Å². The first-order chi connectivity index (χ1) is 19.5. The Kier molecular flexibility index (Phi) is 9.57. The van der Waals surface area contributed by atoms with Gasteiger partial charge in [-0.1, -0.05) is 79.1 Å². The zero-order valence-corrected chi connectivity index (χ0v) is 23.1. The third-order valence-corrected chi connectivity index (χ3v) is 6.75. The van der Waals surface area contributed by atoms with Crippen LogP contribution in [-0.2, 0) is 12.5 Å². The van der Waals surface area contributed by atoms with E-state index in [1.54, 1.807) is 12.1 Å². The van der Waals surface area contributed by atoms with Crippen molar-refractivity contribution in [2.24, 2.45) is 0 Å². The molecule has 212 valence electrons. The molecule has 0 unspecified atom stereocenters. The molecule has 1 nitrogen and oxygen atoms in total. The van der Waals surface area contributed by atoms with Crippen molar-refractivity contribution in [2.45, 2.75) is 38.7 Å². The van der Waals surface area contributed by atoms with Gasteiger partial charge in [0, 0.05) is 11.6 Å². The largest absolute Gasteiger partial charge is 0.432 e. The molecule has 0 aliphatic rings. The molecule has 0 N–H and O–H groups in total. The van der Waals surface area contributed by atoms with Gasteiger partial charge in [-0.3, -0.25) is 0 Å². The fraction of sp³-hybridized carbons (Fsp3) is 0.188. The van der Waals surface area contributed by atoms with Crippen molar-refractivity contribution >= 4 is 23.2 Å². The molecule has 0 aliphatic heterocycles. The number of hydrogen-bond acceptors (Lipinski definition) is 1. The first-order valence-electron chi connectivity index (χ1n) is 12.6. The lowest BCUT2D eigenvalue weighted by Gasteiger charge is -2.20. The van der Waals surface area contributed by atoms with Crippen molar-refractivity contribution in [3.8, 4) is 28.7 Å². The van der Waals surface area contributed by atoms with Crippen LogP contribution < -0.4 is 4.74 Å².